The number of hydrogen-bond acceptors (Lipinski definition) is 6. The Morgan fingerprint density at radius 1 is 0.253 bits per heavy atom. The topological polar surface area (TPSA) is 78.9 Å². The van der Waals surface area contributed by atoms with Gasteiger partial charge < -0.3 is 14.2 Å². The molecule has 0 amide bonds. The molecule has 0 radical (unpaired) electrons. The van der Waals surface area contributed by atoms with E-state index in [1.807, 2.05) is 0 Å². The number of rotatable bonds is 59. The molecule has 83 heavy (non-hydrogen) atoms. The van der Waals surface area contributed by atoms with Crippen LogP contribution >= 0.6 is 0 Å². The van der Waals surface area contributed by atoms with Crippen molar-refractivity contribution >= 4 is 17.9 Å². The average Bonchev–Trinajstić information content (AvgIpc) is 3.49. The van der Waals surface area contributed by atoms with Gasteiger partial charge in [-0.3, -0.25) is 14.4 Å². The molecule has 0 N–H and O–H groups in total. The van der Waals surface area contributed by atoms with Crippen LogP contribution in [0.2, 0.25) is 0 Å². The van der Waals surface area contributed by atoms with Crippen molar-refractivity contribution in [2.24, 2.45) is 0 Å². The fourth-order valence-electron chi connectivity index (χ4n) is 8.71. The summed E-state index contributed by atoms with van der Waals surface area (Å²) < 4.78 is 16.9. The highest BCUT2D eigenvalue weighted by Gasteiger charge is 2.19. The van der Waals surface area contributed by atoms with Crippen molar-refractivity contribution in [3.63, 3.8) is 0 Å². The number of unbranched alkanes of at least 4 members (excludes halogenated alkanes) is 20. The van der Waals surface area contributed by atoms with Gasteiger partial charge in [0.25, 0.3) is 0 Å². The van der Waals surface area contributed by atoms with E-state index in [0.29, 0.717) is 19.3 Å². The zero-order chi connectivity index (χ0) is 59.9. The van der Waals surface area contributed by atoms with E-state index in [0.717, 1.165) is 186 Å². The molecule has 0 rings (SSSR count). The molecule has 0 heterocycles. The molecule has 6 heteroatoms. The van der Waals surface area contributed by atoms with Crippen LogP contribution < -0.4 is 0 Å². The van der Waals surface area contributed by atoms with Crippen molar-refractivity contribution in [1.29, 1.82) is 0 Å². The maximum absolute atomic E-state index is 12.9. The Morgan fingerprint density at radius 2 is 0.470 bits per heavy atom. The maximum atomic E-state index is 12.9. The quantitative estimate of drug-likeness (QED) is 0.0261. The van der Waals surface area contributed by atoms with Crippen LogP contribution in [0.3, 0.4) is 0 Å². The average molecular weight is 1140 g/mol. The summed E-state index contributed by atoms with van der Waals surface area (Å²) in [4.78, 5) is 38.4. The Labute approximate surface area is 511 Å². The van der Waals surface area contributed by atoms with Crippen LogP contribution in [0.25, 0.3) is 0 Å². The molecule has 0 aliphatic heterocycles. The largest absolute Gasteiger partial charge is 0.462 e. The van der Waals surface area contributed by atoms with Crippen LogP contribution in [-0.2, 0) is 28.6 Å². The van der Waals surface area contributed by atoms with Crippen molar-refractivity contribution in [2.75, 3.05) is 13.2 Å². The fourth-order valence-corrected chi connectivity index (χ4v) is 8.71. The molecule has 0 spiro atoms. The molecule has 6 nitrogen and oxygen atoms in total. The first kappa shape index (κ1) is 77.8. The van der Waals surface area contributed by atoms with Gasteiger partial charge in [-0.15, -0.1) is 0 Å². The lowest BCUT2D eigenvalue weighted by Crippen LogP contribution is -2.30. The second-order valence-electron chi connectivity index (χ2n) is 21.6. The van der Waals surface area contributed by atoms with Gasteiger partial charge in [-0.05, 0) is 154 Å². The minimum atomic E-state index is -0.810. The van der Waals surface area contributed by atoms with E-state index in [4.69, 9.17) is 14.2 Å². The van der Waals surface area contributed by atoms with Crippen LogP contribution in [0.15, 0.2) is 170 Å². The third kappa shape index (κ3) is 67.4. The van der Waals surface area contributed by atoms with E-state index in [9.17, 15) is 14.4 Å². The van der Waals surface area contributed by atoms with Gasteiger partial charge in [0.15, 0.2) is 6.10 Å². The van der Waals surface area contributed by atoms with Crippen molar-refractivity contribution in [3.05, 3.63) is 170 Å². The van der Waals surface area contributed by atoms with Crippen LogP contribution in [-0.4, -0.2) is 37.2 Å². The summed E-state index contributed by atoms with van der Waals surface area (Å²) in [5.41, 5.74) is 0. The third-order valence-electron chi connectivity index (χ3n) is 13.7. The molecule has 0 fully saturated rings. The highest BCUT2D eigenvalue weighted by molar-refractivity contribution is 5.71. The van der Waals surface area contributed by atoms with Gasteiger partial charge in [0, 0.05) is 19.3 Å². The van der Waals surface area contributed by atoms with Gasteiger partial charge in [0.05, 0.1) is 0 Å². The van der Waals surface area contributed by atoms with Crippen LogP contribution in [0.5, 0.6) is 0 Å². The van der Waals surface area contributed by atoms with E-state index >= 15 is 0 Å². The smallest absolute Gasteiger partial charge is 0.306 e. The Hall–Kier alpha value is -5.23. The first-order valence-electron chi connectivity index (χ1n) is 33.6. The van der Waals surface area contributed by atoms with Crippen LogP contribution in [0, 0.1) is 0 Å². The van der Waals surface area contributed by atoms with E-state index in [1.165, 1.54) is 51.4 Å². The van der Waals surface area contributed by atoms with Crippen molar-refractivity contribution < 1.29 is 28.6 Å². The summed E-state index contributed by atoms with van der Waals surface area (Å²) in [5.74, 6) is -0.949. The van der Waals surface area contributed by atoms with Gasteiger partial charge in [-0.1, -0.05) is 274 Å². The molecule has 0 aromatic carbocycles. The Morgan fingerprint density at radius 3 is 0.735 bits per heavy atom. The Kier molecular flexibility index (Phi) is 64.9. The predicted molar refractivity (Wildman–Crippen MR) is 361 cm³/mol. The number of allylic oxidation sites excluding steroid dienone is 28. The molecule has 0 aromatic heterocycles. The summed E-state index contributed by atoms with van der Waals surface area (Å²) in [5, 5.41) is 0. The molecule has 0 saturated heterocycles. The van der Waals surface area contributed by atoms with Crippen molar-refractivity contribution in [2.45, 2.75) is 284 Å². The number of hydrogen-bond donors (Lipinski definition) is 0. The van der Waals surface area contributed by atoms with Crippen molar-refractivity contribution in [1.82, 2.24) is 0 Å². The Bertz CT molecular complexity index is 1890. The van der Waals surface area contributed by atoms with E-state index in [-0.39, 0.29) is 31.1 Å². The standard InChI is InChI=1S/C77H122O6/c1-4-7-10-13-16-19-22-25-28-30-32-34-35-36-37-38-39-40-41-43-44-46-49-52-55-58-61-64-67-70-76(79)82-73-74(72-81-75(78)69-66-63-60-57-54-51-48-27-24-21-18-15-12-9-6-3)83-77(80)71-68-65-62-59-56-53-50-47-45-42-33-31-29-26-23-20-17-14-11-8-5-2/h7-8,10-11,16-21,25-29,32-34,36-37,39-40,42-44,47-48,50,74H,4-6,9,12-15,22-24,30-31,35,38,41,45-46,49,51-73H2,1-3H3/b10-7-,11-8-,19-16-,20-17-,21-18-,28-25-,29-26-,34-32-,37-36-,40-39-,42-33-,44-43-,48-27-,50-47-. The molecule has 1 atom stereocenters. The molecule has 0 aliphatic rings. The lowest BCUT2D eigenvalue weighted by molar-refractivity contribution is -0.167. The SMILES string of the molecule is CC/C=C\C/C=C\C/C=C\C/C=C\C/C=C\C/C=C\C/C=C\CCCCCCCCCC(=O)OCC(COC(=O)CCCCCCC/C=C\C/C=C\CCCCC)OC(=O)CCCCCCC/C=C\C/C=C\C/C=C\C/C=C\C/C=C\CC. The summed E-state index contributed by atoms with van der Waals surface area (Å²) in [6, 6.07) is 0. The minimum Gasteiger partial charge on any atom is -0.462 e. The zero-order valence-electron chi connectivity index (χ0n) is 53.4. The number of esters is 3. The highest BCUT2D eigenvalue weighted by Crippen LogP contribution is 2.14. The molecule has 0 aromatic rings. The third-order valence-corrected chi connectivity index (χ3v) is 13.7. The van der Waals surface area contributed by atoms with Gasteiger partial charge in [0.2, 0.25) is 0 Å². The van der Waals surface area contributed by atoms with Gasteiger partial charge in [-0.2, -0.15) is 0 Å². The van der Waals surface area contributed by atoms with E-state index < -0.39 is 6.10 Å². The van der Waals surface area contributed by atoms with Crippen molar-refractivity contribution in [3.8, 4) is 0 Å². The predicted octanol–water partition coefficient (Wildman–Crippen LogP) is 23.4. The lowest BCUT2D eigenvalue weighted by atomic mass is 10.1. The number of carbonyl (C=O) groups is 3. The summed E-state index contributed by atoms with van der Waals surface area (Å²) in [6.45, 7) is 6.35. The summed E-state index contributed by atoms with van der Waals surface area (Å²) in [6.07, 6.45) is 102. The van der Waals surface area contributed by atoms with Crippen LogP contribution in [0.1, 0.15) is 278 Å². The van der Waals surface area contributed by atoms with E-state index in [2.05, 4.69) is 191 Å². The minimum absolute atomic E-state index is 0.104. The Balaban J connectivity index is 4.45. The molecule has 1 unspecified atom stereocenters. The normalized spacial score (nSPS) is 13.2. The number of carbonyl (C=O) groups excluding carboxylic acids is 3. The monoisotopic (exact) mass is 1140 g/mol. The fraction of sp³-hybridized carbons (Fsp3) is 0.597. The summed E-state index contributed by atoms with van der Waals surface area (Å²) in [7, 11) is 0. The van der Waals surface area contributed by atoms with Gasteiger partial charge in [0.1, 0.15) is 13.2 Å². The first-order valence-corrected chi connectivity index (χ1v) is 33.6. The maximum Gasteiger partial charge on any atom is 0.306 e. The zero-order valence-corrected chi connectivity index (χ0v) is 53.4. The highest BCUT2D eigenvalue weighted by atomic mass is 16.6. The molecule has 466 valence electrons. The van der Waals surface area contributed by atoms with Crippen LogP contribution in [0.4, 0.5) is 0 Å². The van der Waals surface area contributed by atoms with E-state index in [1.54, 1.807) is 0 Å². The molecule has 0 bridgehead atoms. The molecular weight excluding hydrogens is 1020 g/mol. The first-order chi connectivity index (χ1) is 41.0. The lowest BCUT2D eigenvalue weighted by Gasteiger charge is -2.18. The van der Waals surface area contributed by atoms with Gasteiger partial charge in [-0.25, -0.2) is 0 Å². The molecule has 0 aliphatic carbocycles. The molecule has 0 saturated carbocycles. The van der Waals surface area contributed by atoms with Gasteiger partial charge >= 0.3 is 17.9 Å². The second kappa shape index (κ2) is 69.3. The second-order valence-corrected chi connectivity index (χ2v) is 21.6. The number of ether oxygens (including phenoxy) is 3. The summed E-state index contributed by atoms with van der Waals surface area (Å²) >= 11 is 0. The molecular formula is C77H122O6.